The van der Waals surface area contributed by atoms with Crippen LogP contribution in [0, 0.1) is 17.8 Å². The molecule has 1 aromatic rings. The maximum atomic E-state index is 11.8. The number of amides is 1. The average Bonchev–Trinajstić information content (AvgIpc) is 2.47. The van der Waals surface area contributed by atoms with Gasteiger partial charge in [0.25, 0.3) is 5.91 Å². The zero-order valence-electron chi connectivity index (χ0n) is 11.3. The van der Waals surface area contributed by atoms with Gasteiger partial charge in [0, 0.05) is 17.5 Å². The second-order valence-corrected chi connectivity index (χ2v) is 4.98. The molecule has 1 aromatic carbocycles. The maximum absolute atomic E-state index is 11.8. The van der Waals surface area contributed by atoms with Gasteiger partial charge in [0.1, 0.15) is 0 Å². The van der Waals surface area contributed by atoms with Crippen LogP contribution in [0.4, 0.5) is 0 Å². The Kier molecular flexibility index (Phi) is 5.00. The summed E-state index contributed by atoms with van der Waals surface area (Å²) < 4.78 is 0. The molecular weight excluding hydrogens is 236 g/mol. The molecule has 1 amide bonds. The second-order valence-electron chi connectivity index (χ2n) is 4.98. The molecule has 2 unspecified atom stereocenters. The minimum absolute atomic E-state index is 0.172. The highest BCUT2D eigenvalue weighted by atomic mass is 16.1. The first-order valence-corrected chi connectivity index (χ1v) is 6.84. The summed E-state index contributed by atoms with van der Waals surface area (Å²) in [6, 6.07) is 9.73. The van der Waals surface area contributed by atoms with E-state index in [-0.39, 0.29) is 11.9 Å². The summed E-state index contributed by atoms with van der Waals surface area (Å²) >= 11 is 0. The van der Waals surface area contributed by atoms with Crippen LogP contribution in [0.3, 0.4) is 0 Å². The van der Waals surface area contributed by atoms with Crippen LogP contribution in [0.15, 0.2) is 30.3 Å². The molecule has 3 nitrogen and oxygen atoms in total. The van der Waals surface area contributed by atoms with Gasteiger partial charge >= 0.3 is 0 Å². The van der Waals surface area contributed by atoms with Crippen molar-refractivity contribution in [1.29, 1.82) is 0 Å². The molecule has 1 saturated heterocycles. The van der Waals surface area contributed by atoms with Crippen molar-refractivity contribution in [3.05, 3.63) is 35.9 Å². The third-order valence-corrected chi connectivity index (χ3v) is 3.50. The normalized spacial score (nSPS) is 19.9. The van der Waals surface area contributed by atoms with Crippen molar-refractivity contribution in [1.82, 2.24) is 10.6 Å². The van der Waals surface area contributed by atoms with Gasteiger partial charge in [-0.15, -0.1) is 0 Å². The molecule has 2 N–H and O–H groups in total. The SMILES string of the molecule is CC(NC(=O)C#Cc1ccccc1)C1CCCNC1. The number of piperidine rings is 1. The van der Waals surface area contributed by atoms with Gasteiger partial charge in [-0.05, 0) is 50.9 Å². The van der Waals surface area contributed by atoms with Gasteiger partial charge in [0.15, 0.2) is 0 Å². The van der Waals surface area contributed by atoms with Gasteiger partial charge in [-0.25, -0.2) is 0 Å². The van der Waals surface area contributed by atoms with Crippen molar-refractivity contribution in [3.63, 3.8) is 0 Å². The molecule has 0 saturated carbocycles. The van der Waals surface area contributed by atoms with Gasteiger partial charge in [-0.3, -0.25) is 4.79 Å². The quantitative estimate of drug-likeness (QED) is 0.788. The first kappa shape index (κ1) is 13.6. The summed E-state index contributed by atoms with van der Waals surface area (Å²) in [7, 11) is 0. The van der Waals surface area contributed by atoms with E-state index >= 15 is 0 Å². The van der Waals surface area contributed by atoms with E-state index in [2.05, 4.69) is 29.4 Å². The minimum Gasteiger partial charge on any atom is -0.342 e. The van der Waals surface area contributed by atoms with Crippen LogP contribution in [0.1, 0.15) is 25.3 Å². The van der Waals surface area contributed by atoms with Gasteiger partial charge in [0.2, 0.25) is 0 Å². The summed E-state index contributed by atoms with van der Waals surface area (Å²) in [6.07, 6.45) is 2.35. The van der Waals surface area contributed by atoms with E-state index in [9.17, 15) is 4.79 Å². The molecule has 19 heavy (non-hydrogen) atoms. The lowest BCUT2D eigenvalue weighted by atomic mass is 9.93. The molecule has 0 radical (unpaired) electrons. The molecule has 1 heterocycles. The van der Waals surface area contributed by atoms with Gasteiger partial charge in [-0.1, -0.05) is 24.1 Å². The van der Waals surface area contributed by atoms with Crippen molar-refractivity contribution < 1.29 is 4.79 Å². The van der Waals surface area contributed by atoms with Crippen LogP contribution < -0.4 is 10.6 Å². The molecule has 0 spiro atoms. The Morgan fingerprint density at radius 3 is 2.89 bits per heavy atom. The van der Waals surface area contributed by atoms with E-state index < -0.39 is 0 Å². The van der Waals surface area contributed by atoms with Gasteiger partial charge < -0.3 is 10.6 Å². The van der Waals surface area contributed by atoms with Gasteiger partial charge in [-0.2, -0.15) is 0 Å². The minimum atomic E-state index is -0.193. The maximum Gasteiger partial charge on any atom is 0.296 e. The number of nitrogens with one attached hydrogen (secondary N) is 2. The van der Waals surface area contributed by atoms with Crippen LogP contribution in [0.5, 0.6) is 0 Å². The summed E-state index contributed by atoms with van der Waals surface area (Å²) in [5.41, 5.74) is 0.865. The summed E-state index contributed by atoms with van der Waals surface area (Å²) in [6.45, 7) is 4.12. The Morgan fingerprint density at radius 2 is 2.21 bits per heavy atom. The topological polar surface area (TPSA) is 41.1 Å². The Hall–Kier alpha value is -1.79. The molecule has 100 valence electrons. The molecular formula is C16H20N2O. The largest absolute Gasteiger partial charge is 0.342 e. The van der Waals surface area contributed by atoms with Crippen LogP contribution >= 0.6 is 0 Å². The fourth-order valence-electron chi connectivity index (χ4n) is 2.32. The molecule has 1 aliphatic rings. The van der Waals surface area contributed by atoms with Crippen LogP contribution in [0.2, 0.25) is 0 Å². The third-order valence-electron chi connectivity index (χ3n) is 3.50. The Morgan fingerprint density at radius 1 is 1.42 bits per heavy atom. The fraction of sp³-hybridized carbons (Fsp3) is 0.438. The van der Waals surface area contributed by atoms with Crippen LogP contribution in [-0.4, -0.2) is 25.0 Å². The molecule has 1 fully saturated rings. The van der Waals surface area contributed by atoms with Crippen LogP contribution in [-0.2, 0) is 4.79 Å². The number of carbonyl (C=O) groups is 1. The molecule has 3 heteroatoms. The molecule has 0 bridgehead atoms. The summed E-state index contributed by atoms with van der Waals surface area (Å²) in [4.78, 5) is 11.8. The predicted molar refractivity (Wildman–Crippen MR) is 76.5 cm³/mol. The third kappa shape index (κ3) is 4.42. The summed E-state index contributed by atoms with van der Waals surface area (Å²) in [5.74, 6) is 5.84. The Labute approximate surface area is 114 Å². The molecule has 1 aliphatic heterocycles. The highest BCUT2D eigenvalue weighted by Crippen LogP contribution is 2.13. The van der Waals surface area contributed by atoms with E-state index in [1.165, 1.54) is 12.8 Å². The lowest BCUT2D eigenvalue weighted by molar-refractivity contribution is -0.116. The van der Waals surface area contributed by atoms with E-state index in [1.54, 1.807) is 0 Å². The van der Waals surface area contributed by atoms with E-state index in [0.29, 0.717) is 5.92 Å². The average molecular weight is 256 g/mol. The number of benzene rings is 1. The molecule has 2 atom stereocenters. The highest BCUT2D eigenvalue weighted by molar-refractivity contribution is 5.94. The summed E-state index contributed by atoms with van der Waals surface area (Å²) in [5, 5.41) is 6.33. The number of carbonyl (C=O) groups excluding carboxylic acids is 1. The Balaban J connectivity index is 1.85. The van der Waals surface area contributed by atoms with Crippen LogP contribution in [0.25, 0.3) is 0 Å². The first-order chi connectivity index (χ1) is 9.25. The van der Waals surface area contributed by atoms with Gasteiger partial charge in [0.05, 0.1) is 0 Å². The van der Waals surface area contributed by atoms with E-state index in [0.717, 1.165) is 18.7 Å². The number of rotatable bonds is 2. The fourth-order valence-corrected chi connectivity index (χ4v) is 2.32. The smallest absolute Gasteiger partial charge is 0.296 e. The standard InChI is InChI=1S/C16H20N2O/c1-13(15-8-5-11-17-12-15)18-16(19)10-9-14-6-3-2-4-7-14/h2-4,6-7,13,15,17H,5,8,11-12H2,1H3,(H,18,19). The van der Waals surface area contributed by atoms with Crippen molar-refractivity contribution in [2.24, 2.45) is 5.92 Å². The predicted octanol–water partition coefficient (Wildman–Crippen LogP) is 1.54. The number of hydrogen-bond donors (Lipinski definition) is 2. The molecule has 0 aromatic heterocycles. The van der Waals surface area contributed by atoms with Crippen molar-refractivity contribution >= 4 is 5.91 Å². The van der Waals surface area contributed by atoms with Crippen molar-refractivity contribution in [2.75, 3.05) is 13.1 Å². The first-order valence-electron chi connectivity index (χ1n) is 6.84. The zero-order valence-corrected chi connectivity index (χ0v) is 11.3. The van der Waals surface area contributed by atoms with Crippen molar-refractivity contribution in [2.45, 2.75) is 25.8 Å². The monoisotopic (exact) mass is 256 g/mol. The molecule has 2 rings (SSSR count). The second kappa shape index (κ2) is 6.96. The van der Waals surface area contributed by atoms with E-state index in [4.69, 9.17) is 0 Å². The lowest BCUT2D eigenvalue weighted by Gasteiger charge is -2.28. The van der Waals surface area contributed by atoms with Crippen molar-refractivity contribution in [3.8, 4) is 11.8 Å². The van der Waals surface area contributed by atoms with E-state index in [1.807, 2.05) is 30.3 Å². The number of hydrogen-bond acceptors (Lipinski definition) is 2. The lowest BCUT2D eigenvalue weighted by Crippen LogP contribution is -2.44. The zero-order chi connectivity index (χ0) is 13.5. The Bertz CT molecular complexity index is 467. The highest BCUT2D eigenvalue weighted by Gasteiger charge is 2.20. The molecule has 0 aliphatic carbocycles.